The molecule has 50 heavy (non-hydrogen) atoms. The second kappa shape index (κ2) is 11.4. The van der Waals surface area contributed by atoms with Gasteiger partial charge in [-0.25, -0.2) is 9.97 Å². The fourth-order valence-corrected chi connectivity index (χ4v) is 7.32. The predicted octanol–water partition coefficient (Wildman–Crippen LogP) is 12.1. The Bertz CT molecular complexity index is 2800. The zero-order chi connectivity index (χ0) is 33.0. The van der Waals surface area contributed by atoms with E-state index in [0.29, 0.717) is 5.82 Å². The van der Waals surface area contributed by atoms with Gasteiger partial charge in [0.1, 0.15) is 11.2 Å². The van der Waals surface area contributed by atoms with Crippen molar-refractivity contribution >= 4 is 43.7 Å². The number of aromatic nitrogens is 3. The van der Waals surface area contributed by atoms with Crippen molar-refractivity contribution in [2.24, 2.45) is 0 Å². The molecule has 3 heterocycles. The minimum Gasteiger partial charge on any atom is -0.455 e. The molecule has 0 spiro atoms. The minimum atomic E-state index is 0.627. The Kier molecular flexibility index (Phi) is 6.46. The molecule has 10 aromatic rings. The van der Waals surface area contributed by atoms with Crippen LogP contribution in [0, 0.1) is 0 Å². The van der Waals surface area contributed by atoms with Crippen molar-refractivity contribution in [3.05, 3.63) is 176 Å². The maximum absolute atomic E-state index is 6.78. The topological polar surface area (TPSA) is 43.9 Å². The lowest BCUT2D eigenvalue weighted by Crippen LogP contribution is -1.96. The van der Waals surface area contributed by atoms with E-state index in [-0.39, 0.29) is 0 Å². The van der Waals surface area contributed by atoms with Gasteiger partial charge >= 0.3 is 0 Å². The van der Waals surface area contributed by atoms with Crippen LogP contribution in [0.4, 0.5) is 0 Å². The van der Waals surface area contributed by atoms with Crippen LogP contribution < -0.4 is 0 Å². The van der Waals surface area contributed by atoms with Crippen molar-refractivity contribution < 1.29 is 4.42 Å². The van der Waals surface area contributed by atoms with Gasteiger partial charge in [0.25, 0.3) is 0 Å². The van der Waals surface area contributed by atoms with Crippen LogP contribution in [0.15, 0.2) is 180 Å². The third kappa shape index (κ3) is 4.54. The molecule has 0 N–H and O–H groups in total. The molecule has 4 heteroatoms. The molecule has 0 atom stereocenters. The first-order valence-corrected chi connectivity index (χ1v) is 16.8. The van der Waals surface area contributed by atoms with Crippen LogP contribution in [-0.4, -0.2) is 14.5 Å². The van der Waals surface area contributed by atoms with Crippen molar-refractivity contribution in [1.82, 2.24) is 14.5 Å². The fourth-order valence-electron chi connectivity index (χ4n) is 7.32. The number of hydrogen-bond donors (Lipinski definition) is 0. The summed E-state index contributed by atoms with van der Waals surface area (Å²) in [6.45, 7) is 0. The maximum atomic E-state index is 6.78. The molecule has 0 aliphatic heterocycles. The molecule has 0 unspecified atom stereocenters. The second-order valence-corrected chi connectivity index (χ2v) is 12.6. The molecule has 0 bridgehead atoms. The summed E-state index contributed by atoms with van der Waals surface area (Å²) in [7, 11) is 0. The van der Waals surface area contributed by atoms with Crippen LogP contribution in [0.25, 0.3) is 94.5 Å². The highest BCUT2D eigenvalue weighted by Gasteiger charge is 2.21. The first-order chi connectivity index (χ1) is 24.8. The number of fused-ring (bicyclic) bond motifs is 6. The molecule has 10 rings (SSSR count). The Morgan fingerprint density at radius 3 is 1.74 bits per heavy atom. The van der Waals surface area contributed by atoms with Gasteiger partial charge in [0, 0.05) is 27.3 Å². The van der Waals surface area contributed by atoms with Crippen molar-refractivity contribution in [1.29, 1.82) is 0 Å². The molecule has 0 aliphatic carbocycles. The van der Waals surface area contributed by atoms with Crippen molar-refractivity contribution in [2.75, 3.05) is 0 Å². The zero-order valence-electron chi connectivity index (χ0n) is 27.0. The highest BCUT2D eigenvalue weighted by Crippen LogP contribution is 2.42. The zero-order valence-corrected chi connectivity index (χ0v) is 27.0. The monoisotopic (exact) mass is 639 g/mol. The smallest absolute Gasteiger partial charge is 0.164 e. The van der Waals surface area contributed by atoms with Gasteiger partial charge in [-0.05, 0) is 53.6 Å². The quantitative estimate of drug-likeness (QED) is 0.188. The summed E-state index contributed by atoms with van der Waals surface area (Å²) in [5, 5.41) is 4.51. The van der Waals surface area contributed by atoms with Gasteiger partial charge in [0.15, 0.2) is 5.82 Å². The molecule has 4 nitrogen and oxygen atoms in total. The van der Waals surface area contributed by atoms with Gasteiger partial charge in [0.2, 0.25) is 0 Å². The van der Waals surface area contributed by atoms with Gasteiger partial charge in [-0.1, -0.05) is 133 Å². The van der Waals surface area contributed by atoms with E-state index in [1.165, 1.54) is 21.9 Å². The summed E-state index contributed by atoms with van der Waals surface area (Å²) in [6, 6.07) is 61.3. The van der Waals surface area contributed by atoms with E-state index in [1.807, 2.05) is 36.4 Å². The maximum Gasteiger partial charge on any atom is 0.164 e. The predicted molar refractivity (Wildman–Crippen MR) is 205 cm³/mol. The molecule has 3 aromatic heterocycles. The van der Waals surface area contributed by atoms with Gasteiger partial charge in [-0.2, -0.15) is 0 Å². The van der Waals surface area contributed by atoms with Crippen LogP contribution in [0.1, 0.15) is 0 Å². The third-order valence-corrected chi connectivity index (χ3v) is 9.63. The number of nitrogens with zero attached hydrogens (tertiary/aromatic N) is 3. The van der Waals surface area contributed by atoms with Crippen molar-refractivity contribution in [3.8, 4) is 50.7 Å². The van der Waals surface area contributed by atoms with Gasteiger partial charge in [-0.3, -0.25) is 0 Å². The minimum absolute atomic E-state index is 0.627. The van der Waals surface area contributed by atoms with Crippen LogP contribution in [0.3, 0.4) is 0 Å². The van der Waals surface area contributed by atoms with E-state index in [4.69, 9.17) is 14.4 Å². The molecular formula is C46H29N3O. The number of para-hydroxylation sites is 2. The summed E-state index contributed by atoms with van der Waals surface area (Å²) in [4.78, 5) is 10.3. The standard InChI is InChI=1S/C46H29N3O/c1-4-14-30(15-5-1)33-26-27-41-37(28-33)34-20-10-11-23-40(34)49(41)42-24-13-25-43-44(42)35-21-12-22-36(45(35)50-43)46-47-38(31-16-6-2-7-17-31)29-39(48-46)32-18-8-3-9-19-32/h1-29H. The van der Waals surface area contributed by atoms with E-state index in [9.17, 15) is 0 Å². The third-order valence-electron chi connectivity index (χ3n) is 9.63. The lowest BCUT2D eigenvalue weighted by Gasteiger charge is -2.10. The lowest BCUT2D eigenvalue weighted by molar-refractivity contribution is 0.669. The number of furan rings is 1. The number of rotatable bonds is 5. The summed E-state index contributed by atoms with van der Waals surface area (Å²) < 4.78 is 9.15. The average Bonchev–Trinajstić information content (AvgIpc) is 3.74. The SMILES string of the molecule is c1ccc(-c2ccc3c(c2)c2ccccc2n3-c2cccc3oc4c(-c5nc(-c6ccccc6)cc(-c6ccccc6)n5)cccc4c23)cc1. The van der Waals surface area contributed by atoms with Crippen molar-refractivity contribution in [3.63, 3.8) is 0 Å². The van der Waals surface area contributed by atoms with E-state index in [1.54, 1.807) is 0 Å². The van der Waals surface area contributed by atoms with Gasteiger partial charge in [0.05, 0.1) is 39.1 Å². The molecule has 0 amide bonds. The Hall–Kier alpha value is -6.78. The normalized spacial score (nSPS) is 11.6. The molecule has 0 fully saturated rings. The number of hydrogen-bond acceptors (Lipinski definition) is 3. The molecule has 0 radical (unpaired) electrons. The summed E-state index contributed by atoms with van der Waals surface area (Å²) >= 11 is 0. The van der Waals surface area contributed by atoms with Crippen LogP contribution in [-0.2, 0) is 0 Å². The molecule has 0 saturated heterocycles. The highest BCUT2D eigenvalue weighted by molar-refractivity contribution is 6.16. The summed E-state index contributed by atoms with van der Waals surface area (Å²) in [5.74, 6) is 0.627. The Morgan fingerprint density at radius 1 is 0.420 bits per heavy atom. The first kappa shape index (κ1) is 28.3. The van der Waals surface area contributed by atoms with Crippen LogP contribution in [0.2, 0.25) is 0 Å². The average molecular weight is 640 g/mol. The molecule has 7 aromatic carbocycles. The van der Waals surface area contributed by atoms with Crippen molar-refractivity contribution in [2.45, 2.75) is 0 Å². The Balaban J connectivity index is 1.21. The molecule has 0 aliphatic rings. The first-order valence-electron chi connectivity index (χ1n) is 16.8. The fraction of sp³-hybridized carbons (Fsp3) is 0. The van der Waals surface area contributed by atoms with Gasteiger partial charge in [-0.15, -0.1) is 0 Å². The van der Waals surface area contributed by atoms with Gasteiger partial charge < -0.3 is 8.98 Å². The largest absolute Gasteiger partial charge is 0.455 e. The Labute approximate surface area is 288 Å². The van der Waals surface area contributed by atoms with Crippen LogP contribution >= 0.6 is 0 Å². The molecular weight excluding hydrogens is 611 g/mol. The number of benzene rings is 7. The highest BCUT2D eigenvalue weighted by atomic mass is 16.3. The lowest BCUT2D eigenvalue weighted by atomic mass is 10.0. The Morgan fingerprint density at radius 2 is 1.02 bits per heavy atom. The summed E-state index contributed by atoms with van der Waals surface area (Å²) in [6.07, 6.45) is 0. The second-order valence-electron chi connectivity index (χ2n) is 12.6. The van der Waals surface area contributed by atoms with E-state index in [0.717, 1.165) is 66.7 Å². The van der Waals surface area contributed by atoms with Crippen LogP contribution in [0.5, 0.6) is 0 Å². The summed E-state index contributed by atoms with van der Waals surface area (Å²) in [5.41, 5.74) is 12.0. The van der Waals surface area contributed by atoms with E-state index in [2.05, 4.69) is 144 Å². The van der Waals surface area contributed by atoms with E-state index >= 15 is 0 Å². The van der Waals surface area contributed by atoms with E-state index < -0.39 is 0 Å². The molecule has 234 valence electrons. The molecule has 0 saturated carbocycles.